The van der Waals surface area contributed by atoms with Gasteiger partial charge in [0.1, 0.15) is 30.0 Å². The van der Waals surface area contributed by atoms with Crippen LogP contribution in [0.4, 0.5) is 4.79 Å². The predicted molar refractivity (Wildman–Crippen MR) is 203 cm³/mol. The van der Waals surface area contributed by atoms with E-state index in [-0.39, 0.29) is 38.2 Å². The molecule has 4 rings (SSSR count). The Kier molecular flexibility index (Phi) is 14.7. The number of alkyl halides is 1. The molecule has 1 saturated heterocycles. The van der Waals surface area contributed by atoms with Gasteiger partial charge < -0.3 is 42.2 Å². The average Bonchev–Trinajstić information content (AvgIpc) is 3.54. The van der Waals surface area contributed by atoms with Crippen molar-refractivity contribution in [1.82, 2.24) is 36.5 Å². The Labute approximate surface area is 314 Å². The van der Waals surface area contributed by atoms with E-state index in [1.54, 1.807) is 6.20 Å². The standard InChI is InChI=1S/C38H51ClN8O6/c1-38(2,3)46-34(50)28(16-11-18-41-37(40)53)44-33(49)29(21-25-23-42-27-15-8-7-14-26(25)27)45-35(51)31-17-9-10-19-47(31)36(52)30(43-32(48)22-39)20-24-12-5-4-6-13-24/h4-8,12-15,23,28-31,42H,9-11,16-22H2,1-3H3,(H,43,48)(H,44,49)(H,45,51)(H,46,50)(H3,40,41,53)/t28-,29-,30-,31-/m0/s1. The molecule has 1 aliphatic heterocycles. The number of fused-ring (bicyclic) bond motifs is 1. The normalized spacial score (nSPS) is 16.2. The summed E-state index contributed by atoms with van der Waals surface area (Å²) in [6.07, 6.45) is 4.27. The highest BCUT2D eigenvalue weighted by atomic mass is 35.5. The topological polar surface area (TPSA) is 208 Å². The van der Waals surface area contributed by atoms with Crippen LogP contribution in [0.25, 0.3) is 10.9 Å². The lowest BCUT2D eigenvalue weighted by Gasteiger charge is -2.37. The molecule has 15 heteroatoms. The van der Waals surface area contributed by atoms with Crippen molar-refractivity contribution >= 4 is 58.1 Å². The van der Waals surface area contributed by atoms with Crippen LogP contribution in [0.15, 0.2) is 60.8 Å². The number of primary amides is 1. The second-order valence-electron chi connectivity index (χ2n) is 14.3. The molecule has 7 amide bonds. The van der Waals surface area contributed by atoms with Gasteiger partial charge in [0, 0.05) is 48.6 Å². The van der Waals surface area contributed by atoms with E-state index in [4.69, 9.17) is 17.3 Å². The van der Waals surface area contributed by atoms with Gasteiger partial charge >= 0.3 is 6.03 Å². The fourth-order valence-corrected chi connectivity index (χ4v) is 6.54. The molecule has 14 nitrogen and oxygen atoms in total. The van der Waals surface area contributed by atoms with Crippen molar-refractivity contribution in [2.75, 3.05) is 19.0 Å². The van der Waals surface area contributed by atoms with Gasteiger partial charge in [-0.25, -0.2) is 4.79 Å². The highest BCUT2D eigenvalue weighted by Gasteiger charge is 2.38. The van der Waals surface area contributed by atoms with Crippen LogP contribution >= 0.6 is 11.6 Å². The van der Waals surface area contributed by atoms with Gasteiger partial charge in [-0.1, -0.05) is 48.5 Å². The minimum Gasteiger partial charge on any atom is -0.361 e. The van der Waals surface area contributed by atoms with Crippen molar-refractivity contribution in [3.05, 3.63) is 71.9 Å². The number of likely N-dealkylation sites (tertiary alicyclic amines) is 1. The number of halogens is 1. The van der Waals surface area contributed by atoms with Crippen molar-refractivity contribution in [2.45, 2.75) is 95.4 Å². The Hall–Kier alpha value is -5.11. The summed E-state index contributed by atoms with van der Waals surface area (Å²) in [6.45, 7) is 5.94. The molecule has 1 fully saturated rings. The fraction of sp³-hybridized carbons (Fsp3) is 0.474. The third kappa shape index (κ3) is 12.2. The van der Waals surface area contributed by atoms with Crippen molar-refractivity contribution < 1.29 is 28.8 Å². The number of benzene rings is 2. The molecule has 2 aromatic carbocycles. The quantitative estimate of drug-likeness (QED) is 0.0864. The molecule has 0 saturated carbocycles. The monoisotopic (exact) mass is 750 g/mol. The lowest BCUT2D eigenvalue weighted by atomic mass is 9.97. The van der Waals surface area contributed by atoms with Crippen LogP contribution in [0.3, 0.4) is 0 Å². The van der Waals surface area contributed by atoms with Crippen LogP contribution < -0.4 is 32.3 Å². The van der Waals surface area contributed by atoms with Crippen LogP contribution in [0.5, 0.6) is 0 Å². The molecule has 0 radical (unpaired) electrons. The number of hydrogen-bond donors (Lipinski definition) is 7. The fourth-order valence-electron chi connectivity index (χ4n) is 6.46. The summed E-state index contributed by atoms with van der Waals surface area (Å²) in [4.78, 5) is 84.3. The number of nitrogens with zero attached hydrogens (tertiary/aromatic N) is 1. The Morgan fingerprint density at radius 1 is 0.887 bits per heavy atom. The lowest BCUT2D eigenvalue weighted by Crippen LogP contribution is -2.61. The van der Waals surface area contributed by atoms with Gasteiger partial charge in [-0.3, -0.25) is 24.0 Å². The van der Waals surface area contributed by atoms with E-state index in [9.17, 15) is 28.8 Å². The number of H-pyrrole nitrogens is 1. The average molecular weight is 751 g/mol. The molecule has 53 heavy (non-hydrogen) atoms. The maximum atomic E-state index is 14.2. The van der Waals surface area contributed by atoms with E-state index in [2.05, 4.69) is 31.6 Å². The predicted octanol–water partition coefficient (Wildman–Crippen LogP) is 2.39. The summed E-state index contributed by atoms with van der Waals surface area (Å²) in [7, 11) is 0. The molecular formula is C38H51ClN8O6. The summed E-state index contributed by atoms with van der Waals surface area (Å²) >= 11 is 5.80. The number of aromatic amines is 1. The maximum Gasteiger partial charge on any atom is 0.312 e. The van der Waals surface area contributed by atoms with Gasteiger partial charge in [-0.2, -0.15) is 0 Å². The lowest BCUT2D eigenvalue weighted by molar-refractivity contribution is -0.145. The summed E-state index contributed by atoms with van der Waals surface area (Å²) in [5.74, 6) is -2.80. The largest absolute Gasteiger partial charge is 0.361 e. The summed E-state index contributed by atoms with van der Waals surface area (Å²) < 4.78 is 0. The molecular weight excluding hydrogens is 700 g/mol. The molecule has 2 heterocycles. The van der Waals surface area contributed by atoms with E-state index in [1.807, 2.05) is 75.4 Å². The first kappa shape index (κ1) is 40.7. The van der Waals surface area contributed by atoms with Crippen molar-refractivity contribution in [2.24, 2.45) is 5.73 Å². The molecule has 1 aromatic heterocycles. The summed E-state index contributed by atoms with van der Waals surface area (Å²) in [5, 5.41) is 14.7. The van der Waals surface area contributed by atoms with Gasteiger partial charge in [-0.15, -0.1) is 11.6 Å². The summed E-state index contributed by atoms with van der Waals surface area (Å²) in [6, 6.07) is 12.1. The molecule has 1 aliphatic rings. The zero-order valence-electron chi connectivity index (χ0n) is 30.5. The van der Waals surface area contributed by atoms with E-state index >= 15 is 0 Å². The Morgan fingerprint density at radius 3 is 2.30 bits per heavy atom. The van der Waals surface area contributed by atoms with Gasteiger partial charge in [-0.05, 0) is 70.1 Å². The second kappa shape index (κ2) is 19.1. The molecule has 0 spiro atoms. The van der Waals surface area contributed by atoms with Crippen molar-refractivity contribution in [1.29, 1.82) is 0 Å². The van der Waals surface area contributed by atoms with Crippen LogP contribution in [-0.4, -0.2) is 94.1 Å². The van der Waals surface area contributed by atoms with Gasteiger partial charge in [0.2, 0.25) is 29.5 Å². The van der Waals surface area contributed by atoms with E-state index in [0.717, 1.165) is 22.0 Å². The smallest absolute Gasteiger partial charge is 0.312 e. The number of hydrogen-bond acceptors (Lipinski definition) is 6. The molecule has 286 valence electrons. The van der Waals surface area contributed by atoms with Gasteiger partial charge in [0.05, 0.1) is 0 Å². The van der Waals surface area contributed by atoms with Gasteiger partial charge in [0.15, 0.2) is 0 Å². The van der Waals surface area contributed by atoms with E-state index < -0.39 is 65.3 Å². The summed E-state index contributed by atoms with van der Waals surface area (Å²) in [5.41, 5.74) is 7.05. The minimum atomic E-state index is -1.13. The number of piperidine rings is 1. The molecule has 0 aliphatic carbocycles. The number of amides is 7. The zero-order chi connectivity index (χ0) is 38.5. The molecule has 0 bridgehead atoms. The Bertz CT molecular complexity index is 1740. The van der Waals surface area contributed by atoms with Crippen molar-refractivity contribution in [3.8, 4) is 0 Å². The maximum absolute atomic E-state index is 14.2. The zero-order valence-corrected chi connectivity index (χ0v) is 31.3. The first-order valence-corrected chi connectivity index (χ1v) is 18.5. The molecule has 3 aromatic rings. The first-order valence-electron chi connectivity index (χ1n) is 18.0. The van der Waals surface area contributed by atoms with Crippen LogP contribution in [0.2, 0.25) is 0 Å². The van der Waals surface area contributed by atoms with E-state index in [0.29, 0.717) is 25.7 Å². The Morgan fingerprint density at radius 2 is 1.60 bits per heavy atom. The number of carbonyl (C=O) groups excluding carboxylic acids is 6. The number of nitrogens with two attached hydrogens (primary N) is 1. The third-order valence-electron chi connectivity index (χ3n) is 8.96. The highest BCUT2D eigenvalue weighted by molar-refractivity contribution is 6.27. The van der Waals surface area contributed by atoms with Gasteiger partial charge in [0.25, 0.3) is 0 Å². The highest BCUT2D eigenvalue weighted by Crippen LogP contribution is 2.22. The number of carbonyl (C=O) groups is 6. The Balaban J connectivity index is 1.60. The molecule has 8 N–H and O–H groups in total. The minimum absolute atomic E-state index is 0.0848. The van der Waals surface area contributed by atoms with Crippen LogP contribution in [0.1, 0.15) is 64.0 Å². The number of urea groups is 1. The van der Waals surface area contributed by atoms with E-state index in [1.165, 1.54) is 4.90 Å². The first-order chi connectivity index (χ1) is 25.3. The number of rotatable bonds is 16. The SMILES string of the molecule is CC(C)(C)NC(=O)[C@H](CCCNC(N)=O)NC(=O)[C@H](Cc1c[nH]c2ccccc12)NC(=O)[C@@H]1CCCCN1C(=O)[C@H](Cc1ccccc1)NC(=O)CCl. The van der Waals surface area contributed by atoms with Crippen LogP contribution in [-0.2, 0) is 36.8 Å². The molecule has 0 unspecified atom stereocenters. The number of nitrogens with one attached hydrogen (secondary N) is 6. The van der Waals surface area contributed by atoms with Crippen molar-refractivity contribution in [3.63, 3.8) is 0 Å². The number of para-hydroxylation sites is 1. The molecule has 4 atom stereocenters. The third-order valence-corrected chi connectivity index (χ3v) is 9.20. The number of aromatic nitrogens is 1. The van der Waals surface area contributed by atoms with Crippen LogP contribution in [0, 0.1) is 0 Å². The second-order valence-corrected chi connectivity index (χ2v) is 14.6.